The minimum absolute atomic E-state index is 0.00506. The second-order valence-corrected chi connectivity index (χ2v) is 14.0. The van der Waals surface area contributed by atoms with Crippen molar-refractivity contribution in [2.75, 3.05) is 16.0 Å². The van der Waals surface area contributed by atoms with Gasteiger partial charge in [-0.2, -0.15) is 0 Å². The van der Waals surface area contributed by atoms with E-state index in [1.165, 1.54) is 0 Å². The van der Waals surface area contributed by atoms with Crippen LogP contribution in [0.2, 0.25) is 0 Å². The van der Waals surface area contributed by atoms with Crippen LogP contribution in [0.15, 0.2) is 71.4 Å². The van der Waals surface area contributed by atoms with Crippen LogP contribution in [0, 0.1) is 0 Å². The quantitative estimate of drug-likeness (QED) is 0.167. The van der Waals surface area contributed by atoms with E-state index >= 15 is 0 Å². The molecule has 4 unspecified atom stereocenters. The lowest BCUT2D eigenvalue weighted by atomic mass is 9.78. The summed E-state index contributed by atoms with van der Waals surface area (Å²) in [7, 11) is 0. The topological polar surface area (TPSA) is 85.8 Å². The van der Waals surface area contributed by atoms with Crippen LogP contribution in [0.25, 0.3) is 32.7 Å². The number of ketones is 1. The molecule has 0 amide bonds. The zero-order valence-corrected chi connectivity index (χ0v) is 25.7. The van der Waals surface area contributed by atoms with Gasteiger partial charge in [-0.05, 0) is 61.4 Å². The smallest absolute Gasteiger partial charge is 0.201 e. The first kappa shape index (κ1) is 26.6. The van der Waals surface area contributed by atoms with Crippen LogP contribution in [-0.2, 0) is 4.79 Å². The lowest BCUT2D eigenvalue weighted by Gasteiger charge is -2.47. The zero-order chi connectivity index (χ0) is 29.8. The molecule has 0 aromatic heterocycles. The van der Waals surface area contributed by atoms with E-state index < -0.39 is 11.3 Å². The maximum atomic E-state index is 14.2. The molecule has 4 N–H and O–H groups in total. The number of hydrogen-bond acceptors (Lipinski definition) is 6. The molecule has 2 fully saturated rings. The monoisotopic (exact) mass is 622 g/mol. The molecule has 2 saturated carbocycles. The molecule has 4 aromatic rings. The molecule has 5 aliphatic rings. The number of Topliss-reactive ketones (excluding diaryl/α,β-unsaturated/α-hetero) is 1. The first-order valence-electron chi connectivity index (χ1n) is 15.7. The first-order valence-corrected chi connectivity index (χ1v) is 16.6. The molecule has 4 aromatic carbocycles. The second kappa shape index (κ2) is 9.38. The predicted molar refractivity (Wildman–Crippen MR) is 179 cm³/mol. The van der Waals surface area contributed by atoms with E-state index in [1.807, 2.05) is 36.4 Å². The third-order valence-electron chi connectivity index (χ3n) is 10.5. The van der Waals surface area contributed by atoms with E-state index in [0.717, 1.165) is 95.3 Å². The fourth-order valence-corrected chi connectivity index (χ4v) is 8.99. The van der Waals surface area contributed by atoms with E-state index in [4.69, 9.17) is 28.2 Å². The fourth-order valence-electron chi connectivity index (χ4n) is 8.25. The van der Waals surface area contributed by atoms with Crippen LogP contribution < -0.4 is 26.5 Å². The Kier molecular flexibility index (Phi) is 5.68. The van der Waals surface area contributed by atoms with Crippen molar-refractivity contribution >= 4 is 78.7 Å². The van der Waals surface area contributed by atoms with Crippen molar-refractivity contribution in [2.45, 2.75) is 73.4 Å². The van der Waals surface area contributed by atoms with E-state index in [9.17, 15) is 9.90 Å². The van der Waals surface area contributed by atoms with Gasteiger partial charge in [-0.3, -0.25) is 9.79 Å². The molecule has 0 saturated heterocycles. The van der Waals surface area contributed by atoms with Crippen molar-refractivity contribution in [1.82, 2.24) is 0 Å². The highest BCUT2D eigenvalue weighted by molar-refractivity contribution is 6.52. The van der Waals surface area contributed by atoms with E-state index in [1.54, 1.807) is 0 Å². The van der Waals surface area contributed by atoms with Crippen LogP contribution in [-0.4, -0.2) is 33.0 Å². The minimum Gasteiger partial charge on any atom is -0.506 e. The van der Waals surface area contributed by atoms with Crippen molar-refractivity contribution in [3.8, 4) is 0 Å². The van der Waals surface area contributed by atoms with Crippen molar-refractivity contribution < 1.29 is 9.90 Å². The number of nitrogens with zero attached hydrogens (tertiary/aromatic N) is 1. The number of carbonyl (C=O) groups is 1. The number of aliphatic hydroxyl groups is 1. The number of anilines is 3. The normalized spacial score (nSPS) is 30.1. The Hall–Kier alpha value is -3.74. The molecule has 2 aliphatic heterocycles. The molecule has 3 aliphatic carbocycles. The molecule has 8 heteroatoms. The molecular weight excluding hydrogens is 591 g/mol. The van der Waals surface area contributed by atoms with Gasteiger partial charge in [0.05, 0.1) is 32.9 Å². The largest absolute Gasteiger partial charge is 0.506 e. The van der Waals surface area contributed by atoms with Gasteiger partial charge in [0.15, 0.2) is 0 Å². The Bertz CT molecular complexity index is 2110. The molecule has 2 heterocycles. The maximum absolute atomic E-state index is 14.2. The maximum Gasteiger partial charge on any atom is 0.201 e. The summed E-state index contributed by atoms with van der Waals surface area (Å²) in [6.45, 7) is 0. The average molecular weight is 624 g/mol. The molecular formula is C36H32Cl2N4O2. The van der Waals surface area contributed by atoms with Gasteiger partial charge in [0.2, 0.25) is 5.78 Å². The molecule has 9 rings (SSSR count). The Balaban J connectivity index is 1.27. The molecule has 44 heavy (non-hydrogen) atoms. The number of hydrogen-bond donors (Lipinski definition) is 4. The van der Waals surface area contributed by atoms with Crippen LogP contribution in [0.5, 0.6) is 0 Å². The van der Waals surface area contributed by atoms with Crippen LogP contribution >= 0.6 is 23.2 Å². The molecule has 0 bridgehead atoms. The fraction of sp³-hybridized carbons (Fsp3) is 0.333. The lowest BCUT2D eigenvalue weighted by Crippen LogP contribution is -2.56. The van der Waals surface area contributed by atoms with E-state index in [2.05, 4.69) is 40.2 Å². The van der Waals surface area contributed by atoms with Gasteiger partial charge < -0.3 is 21.1 Å². The van der Waals surface area contributed by atoms with Gasteiger partial charge in [0.1, 0.15) is 17.1 Å². The highest BCUT2D eigenvalue weighted by atomic mass is 35.5. The standard InChI is InChI=1S/C36H32Cl2N4O2/c37-25-11-1-3-17-35(25)39-23-9-5-7-19-13-15-21(31(41-35)27(19)23)29-33(43)30(34(29)44)22-16-14-20-8-6-10-24-28(20)32(22)42-36(40-24)18-4-2-12-26(36)38/h5-10,13-16,25-26,39-41,43H,1-4,11-12,17-18H2/b30-22-. The third-order valence-corrected chi connectivity index (χ3v) is 11.7. The minimum atomic E-state index is -0.644. The molecule has 222 valence electrons. The lowest BCUT2D eigenvalue weighted by molar-refractivity contribution is -0.109. The summed E-state index contributed by atoms with van der Waals surface area (Å²) in [5.74, 6) is -0.177. The third kappa shape index (κ3) is 3.55. The summed E-state index contributed by atoms with van der Waals surface area (Å²) in [5.41, 5.74) is 2.98. The number of carbonyl (C=O) groups excluding carboxylic acids is 1. The predicted octanol–water partition coefficient (Wildman–Crippen LogP) is 7.33. The van der Waals surface area contributed by atoms with Crippen LogP contribution in [0.4, 0.5) is 17.1 Å². The van der Waals surface area contributed by atoms with Crippen molar-refractivity contribution in [3.63, 3.8) is 0 Å². The van der Waals surface area contributed by atoms with E-state index in [0.29, 0.717) is 21.9 Å². The SMILES string of the molecule is O=C1C(c2ccc3cccc4c3c2NC2(CCCCC2Cl)N4)=C(O)/C1=c1\ccc2cccc3c2c1=NC1(CCCCC1Cl)N3. The summed E-state index contributed by atoms with van der Waals surface area (Å²) in [6.07, 6.45) is 7.68. The second-order valence-electron chi connectivity index (χ2n) is 13.0. The van der Waals surface area contributed by atoms with E-state index in [-0.39, 0.29) is 22.3 Å². The summed E-state index contributed by atoms with van der Waals surface area (Å²) >= 11 is 13.9. The average Bonchev–Trinajstić information content (AvgIpc) is 3.03. The van der Waals surface area contributed by atoms with Gasteiger partial charge in [-0.15, -0.1) is 23.2 Å². The van der Waals surface area contributed by atoms with Crippen LogP contribution in [0.1, 0.15) is 56.9 Å². The summed E-state index contributed by atoms with van der Waals surface area (Å²) in [4.78, 5) is 19.5. The number of allylic oxidation sites excluding steroid dienone is 2. The highest BCUT2D eigenvalue weighted by Crippen LogP contribution is 2.49. The van der Waals surface area contributed by atoms with Crippen molar-refractivity contribution in [1.29, 1.82) is 0 Å². The summed E-state index contributed by atoms with van der Waals surface area (Å²) < 4.78 is 0. The summed E-state index contributed by atoms with van der Waals surface area (Å²) in [6, 6.07) is 20.2. The Morgan fingerprint density at radius 1 is 0.750 bits per heavy atom. The molecule has 6 nitrogen and oxygen atoms in total. The Morgan fingerprint density at radius 2 is 1.45 bits per heavy atom. The van der Waals surface area contributed by atoms with Crippen molar-refractivity contribution in [3.05, 3.63) is 82.6 Å². The summed E-state index contributed by atoms with van der Waals surface area (Å²) in [5, 5.41) is 28.1. The number of alkyl halides is 2. The van der Waals surface area contributed by atoms with Gasteiger partial charge in [-0.1, -0.05) is 61.4 Å². The number of benzene rings is 4. The van der Waals surface area contributed by atoms with Gasteiger partial charge in [-0.25, -0.2) is 0 Å². The highest BCUT2D eigenvalue weighted by Gasteiger charge is 2.46. The van der Waals surface area contributed by atoms with Crippen LogP contribution in [0.3, 0.4) is 0 Å². The number of halogens is 2. The Morgan fingerprint density at radius 3 is 2.20 bits per heavy atom. The first-order chi connectivity index (χ1) is 21.4. The molecule has 4 atom stereocenters. The van der Waals surface area contributed by atoms with Gasteiger partial charge in [0.25, 0.3) is 0 Å². The zero-order valence-electron chi connectivity index (χ0n) is 24.1. The number of rotatable bonds is 1. The molecule has 0 radical (unpaired) electrons. The number of nitrogens with one attached hydrogen (secondary N) is 3. The van der Waals surface area contributed by atoms with Gasteiger partial charge in [0, 0.05) is 32.9 Å². The number of aliphatic hydroxyl groups excluding tert-OH is 1. The Labute approximate surface area is 264 Å². The van der Waals surface area contributed by atoms with Gasteiger partial charge >= 0.3 is 0 Å². The van der Waals surface area contributed by atoms with Crippen molar-refractivity contribution in [2.24, 2.45) is 4.99 Å². The molecule has 2 spiro atoms.